The summed E-state index contributed by atoms with van der Waals surface area (Å²) in [7, 11) is 0. The predicted molar refractivity (Wildman–Crippen MR) is 135 cm³/mol. The third-order valence-corrected chi connectivity index (χ3v) is 8.22. The number of hydrogen-bond acceptors (Lipinski definition) is 7. The number of hydrogen-bond donors (Lipinski definition) is 1. The van der Waals surface area contributed by atoms with Crippen LogP contribution in [0, 0.1) is 5.92 Å². The molecule has 7 nitrogen and oxygen atoms in total. The number of amides is 1. The molecule has 0 radical (unpaired) electrons. The zero-order valence-corrected chi connectivity index (χ0v) is 20.8. The Morgan fingerprint density at radius 1 is 1.20 bits per heavy atom. The van der Waals surface area contributed by atoms with Gasteiger partial charge in [-0.1, -0.05) is 0 Å². The van der Waals surface area contributed by atoms with Gasteiger partial charge in [0.15, 0.2) is 5.76 Å². The molecule has 4 heterocycles. The van der Waals surface area contributed by atoms with Crippen molar-refractivity contribution in [3.05, 3.63) is 70.3 Å². The molecule has 0 saturated carbocycles. The summed E-state index contributed by atoms with van der Waals surface area (Å²) in [6, 6.07) is 7.51. The molecule has 8 heteroatoms. The molecule has 3 aromatic heterocycles. The largest absolute Gasteiger partial charge is 0.466 e. The van der Waals surface area contributed by atoms with Crippen LogP contribution in [0.3, 0.4) is 0 Å². The maximum absolute atomic E-state index is 13.0. The number of aromatic nitrogens is 1. The lowest BCUT2D eigenvalue weighted by Gasteiger charge is -2.38. The van der Waals surface area contributed by atoms with Gasteiger partial charge in [0.1, 0.15) is 5.00 Å². The molecule has 184 valence electrons. The van der Waals surface area contributed by atoms with E-state index in [1.807, 2.05) is 19.3 Å². The van der Waals surface area contributed by atoms with Crippen molar-refractivity contribution in [1.29, 1.82) is 0 Å². The number of esters is 1. The summed E-state index contributed by atoms with van der Waals surface area (Å²) < 4.78 is 10.6. The van der Waals surface area contributed by atoms with E-state index in [1.165, 1.54) is 28.7 Å². The van der Waals surface area contributed by atoms with Crippen molar-refractivity contribution in [2.45, 2.75) is 51.5 Å². The normalized spacial score (nSPS) is 17.5. The van der Waals surface area contributed by atoms with Gasteiger partial charge >= 0.3 is 5.97 Å². The van der Waals surface area contributed by atoms with Gasteiger partial charge in [0.2, 0.25) is 0 Å². The summed E-state index contributed by atoms with van der Waals surface area (Å²) >= 11 is 1.70. The zero-order chi connectivity index (χ0) is 24.2. The number of rotatable bonds is 7. The Kier molecular flexibility index (Phi) is 7.29. The zero-order valence-electron chi connectivity index (χ0n) is 20.0. The van der Waals surface area contributed by atoms with Gasteiger partial charge in [-0.3, -0.25) is 19.5 Å². The Hall–Kier alpha value is -2.97. The van der Waals surface area contributed by atoms with E-state index in [-0.39, 0.29) is 23.8 Å². The minimum absolute atomic E-state index is 0.0221. The predicted octanol–water partition coefficient (Wildman–Crippen LogP) is 5.23. The molecule has 3 aromatic rings. The van der Waals surface area contributed by atoms with E-state index in [0.29, 0.717) is 12.4 Å². The Morgan fingerprint density at radius 2 is 1.97 bits per heavy atom. The van der Waals surface area contributed by atoms with Gasteiger partial charge in [0, 0.05) is 22.8 Å². The molecular weight excluding hydrogens is 462 g/mol. The van der Waals surface area contributed by atoms with Crippen LogP contribution in [0.15, 0.2) is 47.3 Å². The minimum atomic E-state index is -0.232. The topological polar surface area (TPSA) is 84.7 Å². The lowest BCUT2D eigenvalue weighted by Crippen LogP contribution is -2.40. The van der Waals surface area contributed by atoms with Crippen LogP contribution in [0.1, 0.15) is 70.8 Å². The van der Waals surface area contributed by atoms with E-state index in [1.54, 1.807) is 23.5 Å². The monoisotopic (exact) mass is 493 g/mol. The summed E-state index contributed by atoms with van der Waals surface area (Å²) in [5.41, 5.74) is 3.70. The Labute approximate surface area is 209 Å². The number of ether oxygens (including phenoxy) is 1. The number of aryl methyl sites for hydroxylation is 1. The molecule has 35 heavy (non-hydrogen) atoms. The smallest absolute Gasteiger partial charge is 0.309 e. The number of anilines is 1. The van der Waals surface area contributed by atoms with E-state index in [2.05, 4.69) is 27.3 Å². The summed E-state index contributed by atoms with van der Waals surface area (Å²) in [4.78, 5) is 33.4. The highest BCUT2D eigenvalue weighted by Gasteiger charge is 2.35. The number of thiophene rings is 1. The number of piperidine rings is 1. The van der Waals surface area contributed by atoms with Crippen LogP contribution >= 0.6 is 11.3 Å². The number of furan rings is 1. The molecule has 2 aliphatic rings. The molecule has 0 unspecified atom stereocenters. The molecule has 1 aliphatic heterocycles. The first-order chi connectivity index (χ1) is 17.2. The highest BCUT2D eigenvalue weighted by atomic mass is 32.1. The maximum atomic E-state index is 13.0. The number of carbonyl (C=O) groups excluding carboxylic acids is 2. The molecule has 1 fully saturated rings. The summed E-state index contributed by atoms with van der Waals surface area (Å²) in [5, 5.41) is 4.07. The average Bonchev–Trinajstić information content (AvgIpc) is 3.55. The first-order valence-electron chi connectivity index (χ1n) is 12.5. The average molecular weight is 494 g/mol. The van der Waals surface area contributed by atoms with E-state index >= 15 is 0 Å². The summed E-state index contributed by atoms with van der Waals surface area (Å²) in [6.07, 6.45) is 11.1. The molecule has 1 saturated heterocycles. The molecule has 1 N–H and O–H groups in total. The second kappa shape index (κ2) is 10.7. The van der Waals surface area contributed by atoms with Gasteiger partial charge < -0.3 is 14.5 Å². The molecule has 1 atom stereocenters. The summed E-state index contributed by atoms with van der Waals surface area (Å²) in [6.45, 7) is 3.84. The quantitative estimate of drug-likeness (QED) is 0.454. The number of carbonyl (C=O) groups is 2. The lowest BCUT2D eigenvalue weighted by atomic mass is 9.87. The Balaban J connectivity index is 1.51. The van der Waals surface area contributed by atoms with Crippen LogP contribution in [0.2, 0.25) is 0 Å². The van der Waals surface area contributed by atoms with Crippen LogP contribution in [0.25, 0.3) is 0 Å². The van der Waals surface area contributed by atoms with Crippen molar-refractivity contribution in [3.63, 3.8) is 0 Å². The van der Waals surface area contributed by atoms with Crippen LogP contribution in [-0.4, -0.2) is 41.5 Å². The van der Waals surface area contributed by atoms with Crippen LogP contribution < -0.4 is 5.32 Å². The number of pyridine rings is 1. The van der Waals surface area contributed by atoms with Crippen molar-refractivity contribution in [2.75, 3.05) is 25.0 Å². The van der Waals surface area contributed by atoms with E-state index in [9.17, 15) is 9.59 Å². The fraction of sp³-hybridized carbons (Fsp3) is 0.444. The van der Waals surface area contributed by atoms with Gasteiger partial charge in [-0.05, 0) is 93.9 Å². The number of nitrogens with zero attached hydrogens (tertiary/aromatic N) is 2. The van der Waals surface area contributed by atoms with Gasteiger partial charge in [0.05, 0.1) is 24.8 Å². The maximum Gasteiger partial charge on any atom is 0.309 e. The number of fused-ring (bicyclic) bond motifs is 1. The molecule has 1 amide bonds. The van der Waals surface area contributed by atoms with Crippen molar-refractivity contribution >= 4 is 28.2 Å². The molecule has 0 bridgehead atoms. The standard InChI is InChI=1S/C27H31N3O4S/c1-2-33-27(32)19-11-15-30(16-12-19)24(18-9-13-28-14-10-18)23-20-6-3-4-8-22(20)35-26(23)29-25(31)21-7-5-17-34-21/h5,7,9-10,13-14,17,19,24H,2-4,6,8,11-12,15-16H2,1H3,(H,29,31)/t24-/m0/s1. The van der Waals surface area contributed by atoms with Crippen molar-refractivity contribution in [2.24, 2.45) is 5.92 Å². The lowest BCUT2D eigenvalue weighted by molar-refractivity contribution is -0.149. The van der Waals surface area contributed by atoms with Crippen LogP contribution in [0.5, 0.6) is 0 Å². The fourth-order valence-electron chi connectivity index (χ4n) is 5.30. The van der Waals surface area contributed by atoms with Crippen molar-refractivity contribution in [1.82, 2.24) is 9.88 Å². The second-order valence-electron chi connectivity index (χ2n) is 9.13. The fourth-order valence-corrected chi connectivity index (χ4v) is 6.62. The highest BCUT2D eigenvalue weighted by molar-refractivity contribution is 7.16. The minimum Gasteiger partial charge on any atom is -0.466 e. The molecule has 5 rings (SSSR count). The number of likely N-dealkylation sites (tertiary alicyclic amines) is 1. The van der Waals surface area contributed by atoms with Gasteiger partial charge in [0.25, 0.3) is 5.91 Å². The third kappa shape index (κ3) is 5.04. The second-order valence-corrected chi connectivity index (χ2v) is 10.2. The van der Waals surface area contributed by atoms with Gasteiger partial charge in [-0.25, -0.2) is 0 Å². The Bertz CT molecular complexity index is 1150. The third-order valence-electron chi connectivity index (χ3n) is 6.99. The first-order valence-corrected chi connectivity index (χ1v) is 13.3. The van der Waals surface area contributed by atoms with E-state index in [0.717, 1.165) is 55.8 Å². The van der Waals surface area contributed by atoms with Gasteiger partial charge in [-0.2, -0.15) is 0 Å². The molecular formula is C27H31N3O4S. The van der Waals surface area contributed by atoms with Crippen molar-refractivity contribution in [3.8, 4) is 0 Å². The first kappa shape index (κ1) is 23.8. The van der Waals surface area contributed by atoms with E-state index in [4.69, 9.17) is 9.15 Å². The molecule has 0 aromatic carbocycles. The Morgan fingerprint density at radius 3 is 2.69 bits per heavy atom. The SMILES string of the molecule is CCOC(=O)C1CCN([C@@H](c2ccncc2)c2c(NC(=O)c3ccco3)sc3c2CCCC3)CC1. The van der Waals surface area contributed by atoms with Crippen LogP contribution in [-0.2, 0) is 22.4 Å². The highest BCUT2D eigenvalue weighted by Crippen LogP contribution is 2.46. The number of nitrogens with one attached hydrogen (secondary N) is 1. The molecule has 0 spiro atoms. The molecule has 1 aliphatic carbocycles. The summed E-state index contributed by atoms with van der Waals surface area (Å²) in [5.74, 6) is -0.0758. The van der Waals surface area contributed by atoms with Gasteiger partial charge in [-0.15, -0.1) is 11.3 Å². The van der Waals surface area contributed by atoms with Crippen LogP contribution in [0.4, 0.5) is 5.00 Å². The van der Waals surface area contributed by atoms with E-state index < -0.39 is 0 Å². The van der Waals surface area contributed by atoms with Crippen molar-refractivity contribution < 1.29 is 18.7 Å².